The van der Waals surface area contributed by atoms with E-state index in [1.807, 2.05) is 18.3 Å². The average molecular weight is 215 g/mol. The van der Waals surface area contributed by atoms with Gasteiger partial charge in [-0.15, -0.1) is 0 Å². The first-order chi connectivity index (χ1) is 7.59. The normalized spacial score (nSPS) is 11.4. The third-order valence-electron chi connectivity index (χ3n) is 2.82. The van der Waals surface area contributed by atoms with Gasteiger partial charge in [-0.1, -0.05) is 12.1 Å². The lowest BCUT2D eigenvalue weighted by Crippen LogP contribution is -1.85. The number of nitrogens with one attached hydrogen (secondary N) is 1. The van der Waals surface area contributed by atoms with Gasteiger partial charge in [-0.25, -0.2) is 4.79 Å². The molecule has 82 valence electrons. The van der Waals surface area contributed by atoms with Crippen molar-refractivity contribution >= 4 is 22.9 Å². The van der Waals surface area contributed by atoms with E-state index in [-0.39, 0.29) is 0 Å². The van der Waals surface area contributed by atoms with E-state index >= 15 is 0 Å². The molecule has 0 atom stereocenters. The molecule has 0 aliphatic rings. The van der Waals surface area contributed by atoms with Crippen LogP contribution in [0.1, 0.15) is 16.7 Å². The van der Waals surface area contributed by atoms with Crippen LogP contribution in [0.15, 0.2) is 24.4 Å². The van der Waals surface area contributed by atoms with E-state index in [1.165, 1.54) is 11.1 Å². The van der Waals surface area contributed by atoms with Crippen molar-refractivity contribution in [3.8, 4) is 0 Å². The van der Waals surface area contributed by atoms with Gasteiger partial charge in [-0.05, 0) is 31.1 Å². The Kier molecular flexibility index (Phi) is 2.52. The van der Waals surface area contributed by atoms with Crippen LogP contribution in [0, 0.1) is 13.8 Å². The Balaban J connectivity index is 2.58. The van der Waals surface area contributed by atoms with Crippen molar-refractivity contribution in [2.45, 2.75) is 13.8 Å². The van der Waals surface area contributed by atoms with E-state index in [4.69, 9.17) is 5.11 Å². The molecule has 0 aliphatic carbocycles. The van der Waals surface area contributed by atoms with Crippen LogP contribution in [0.3, 0.4) is 0 Å². The Morgan fingerprint density at radius 1 is 1.38 bits per heavy atom. The third kappa shape index (κ3) is 1.72. The van der Waals surface area contributed by atoms with Crippen molar-refractivity contribution in [1.82, 2.24) is 4.98 Å². The van der Waals surface area contributed by atoms with Crippen LogP contribution in [0.5, 0.6) is 0 Å². The van der Waals surface area contributed by atoms with Crippen LogP contribution >= 0.6 is 0 Å². The van der Waals surface area contributed by atoms with Crippen LogP contribution in [0.4, 0.5) is 0 Å². The minimum Gasteiger partial charge on any atom is -0.478 e. The fourth-order valence-corrected chi connectivity index (χ4v) is 1.77. The fraction of sp³-hybridized carbons (Fsp3) is 0.154. The summed E-state index contributed by atoms with van der Waals surface area (Å²) in [6, 6.07) is 4.05. The van der Waals surface area contributed by atoms with Crippen molar-refractivity contribution in [1.29, 1.82) is 0 Å². The molecular formula is C13H13NO2. The van der Waals surface area contributed by atoms with Crippen LogP contribution < -0.4 is 0 Å². The van der Waals surface area contributed by atoms with Gasteiger partial charge in [-0.3, -0.25) is 0 Å². The molecule has 2 rings (SSSR count). The van der Waals surface area contributed by atoms with Gasteiger partial charge in [-0.2, -0.15) is 0 Å². The van der Waals surface area contributed by atoms with E-state index in [2.05, 4.69) is 18.8 Å². The van der Waals surface area contributed by atoms with E-state index in [0.29, 0.717) is 0 Å². The standard InChI is InChI=1S/C13H13NO2/c1-8-3-5-11-10(4-6-12(15)16)7-14-13(11)9(8)2/h3-7,14H,1-2H3,(H,15,16)/b6-4+. The molecule has 3 nitrogen and oxygen atoms in total. The average Bonchev–Trinajstić information content (AvgIpc) is 2.64. The Bertz CT molecular complexity index is 579. The number of benzene rings is 1. The molecule has 0 spiro atoms. The van der Waals surface area contributed by atoms with Gasteiger partial charge in [0, 0.05) is 28.7 Å². The summed E-state index contributed by atoms with van der Waals surface area (Å²) in [5.74, 6) is -0.932. The maximum atomic E-state index is 10.5. The number of hydrogen-bond acceptors (Lipinski definition) is 1. The largest absolute Gasteiger partial charge is 0.478 e. The predicted molar refractivity (Wildman–Crippen MR) is 64.4 cm³/mol. The van der Waals surface area contributed by atoms with Gasteiger partial charge in [0.1, 0.15) is 0 Å². The first-order valence-electron chi connectivity index (χ1n) is 5.08. The Morgan fingerprint density at radius 3 is 2.81 bits per heavy atom. The zero-order valence-electron chi connectivity index (χ0n) is 9.24. The minimum absolute atomic E-state index is 0.903. The van der Waals surface area contributed by atoms with Gasteiger partial charge in [0.05, 0.1) is 0 Å². The Morgan fingerprint density at radius 2 is 2.12 bits per heavy atom. The molecular weight excluding hydrogens is 202 g/mol. The number of aromatic amines is 1. The zero-order chi connectivity index (χ0) is 11.7. The van der Waals surface area contributed by atoms with Crippen molar-refractivity contribution in [3.63, 3.8) is 0 Å². The maximum absolute atomic E-state index is 10.5. The summed E-state index contributed by atoms with van der Waals surface area (Å²) in [5, 5.41) is 9.64. The lowest BCUT2D eigenvalue weighted by Gasteiger charge is -2.01. The smallest absolute Gasteiger partial charge is 0.328 e. The quantitative estimate of drug-likeness (QED) is 0.757. The second-order valence-electron chi connectivity index (χ2n) is 3.85. The number of aryl methyl sites for hydroxylation is 2. The molecule has 1 aromatic heterocycles. The molecule has 0 aliphatic heterocycles. The lowest BCUT2D eigenvalue weighted by atomic mass is 10.0. The Hall–Kier alpha value is -2.03. The summed E-state index contributed by atoms with van der Waals surface area (Å²) in [6.07, 6.45) is 4.59. The highest BCUT2D eigenvalue weighted by atomic mass is 16.4. The molecule has 1 heterocycles. The number of hydrogen-bond donors (Lipinski definition) is 2. The number of aliphatic carboxylic acids is 1. The SMILES string of the molecule is Cc1ccc2c(/C=C/C(=O)O)c[nH]c2c1C. The molecule has 0 saturated heterocycles. The topological polar surface area (TPSA) is 53.1 Å². The summed E-state index contributed by atoms with van der Waals surface area (Å²) in [6.45, 7) is 4.11. The number of carboxylic acids is 1. The molecule has 2 aromatic rings. The van der Waals surface area contributed by atoms with Gasteiger partial charge in [0.2, 0.25) is 0 Å². The molecule has 0 bridgehead atoms. The molecule has 0 saturated carbocycles. The second-order valence-corrected chi connectivity index (χ2v) is 3.85. The fourth-order valence-electron chi connectivity index (χ4n) is 1.77. The third-order valence-corrected chi connectivity index (χ3v) is 2.82. The summed E-state index contributed by atoms with van der Waals surface area (Å²) in [7, 11) is 0. The molecule has 1 aromatic carbocycles. The number of H-pyrrole nitrogens is 1. The van der Waals surface area contributed by atoms with Crippen LogP contribution in [0.2, 0.25) is 0 Å². The zero-order valence-corrected chi connectivity index (χ0v) is 9.24. The lowest BCUT2D eigenvalue weighted by molar-refractivity contribution is -0.131. The van der Waals surface area contributed by atoms with Crippen molar-refractivity contribution in [2.24, 2.45) is 0 Å². The number of rotatable bonds is 2. The second kappa shape index (κ2) is 3.85. The summed E-state index contributed by atoms with van der Waals surface area (Å²) < 4.78 is 0. The molecule has 0 amide bonds. The molecule has 0 fully saturated rings. The highest BCUT2D eigenvalue weighted by molar-refractivity contribution is 5.94. The Labute approximate surface area is 93.4 Å². The summed E-state index contributed by atoms with van der Waals surface area (Å²) in [5.41, 5.74) is 4.40. The highest BCUT2D eigenvalue weighted by Gasteiger charge is 2.05. The van der Waals surface area contributed by atoms with Gasteiger partial charge in [0.15, 0.2) is 0 Å². The van der Waals surface area contributed by atoms with Crippen molar-refractivity contribution < 1.29 is 9.90 Å². The number of carboxylic acid groups (broad SMARTS) is 1. The van der Waals surface area contributed by atoms with Crippen LogP contribution in [-0.2, 0) is 4.79 Å². The van der Waals surface area contributed by atoms with Crippen LogP contribution in [-0.4, -0.2) is 16.1 Å². The number of carbonyl (C=O) groups is 1. The van der Waals surface area contributed by atoms with Gasteiger partial charge in [0.25, 0.3) is 0 Å². The van der Waals surface area contributed by atoms with Crippen molar-refractivity contribution in [2.75, 3.05) is 0 Å². The number of fused-ring (bicyclic) bond motifs is 1. The number of aromatic nitrogens is 1. The van der Waals surface area contributed by atoms with Crippen LogP contribution in [0.25, 0.3) is 17.0 Å². The van der Waals surface area contributed by atoms with Gasteiger partial charge < -0.3 is 10.1 Å². The van der Waals surface area contributed by atoms with E-state index in [1.54, 1.807) is 6.08 Å². The van der Waals surface area contributed by atoms with Gasteiger partial charge >= 0.3 is 5.97 Å². The molecule has 16 heavy (non-hydrogen) atoms. The first kappa shape index (κ1) is 10.5. The molecule has 3 heteroatoms. The van der Waals surface area contributed by atoms with E-state index in [9.17, 15) is 4.79 Å². The molecule has 2 N–H and O–H groups in total. The van der Waals surface area contributed by atoms with Crippen molar-refractivity contribution in [3.05, 3.63) is 41.1 Å². The molecule has 0 radical (unpaired) electrons. The highest BCUT2D eigenvalue weighted by Crippen LogP contribution is 2.24. The predicted octanol–water partition coefficient (Wildman–Crippen LogP) is 2.88. The first-order valence-corrected chi connectivity index (χ1v) is 5.08. The maximum Gasteiger partial charge on any atom is 0.328 e. The van der Waals surface area contributed by atoms with E-state index in [0.717, 1.165) is 22.5 Å². The van der Waals surface area contributed by atoms with E-state index < -0.39 is 5.97 Å². The summed E-state index contributed by atoms with van der Waals surface area (Å²) >= 11 is 0. The minimum atomic E-state index is -0.932. The summed E-state index contributed by atoms with van der Waals surface area (Å²) in [4.78, 5) is 13.6. The molecule has 0 unspecified atom stereocenters. The monoisotopic (exact) mass is 215 g/mol.